The molecule has 1 aromatic heterocycles. The Morgan fingerprint density at radius 1 is 1.50 bits per heavy atom. The molecule has 18 heavy (non-hydrogen) atoms. The molecule has 6 nitrogen and oxygen atoms in total. The van der Waals surface area contributed by atoms with Crippen molar-refractivity contribution in [3.63, 3.8) is 0 Å². The molecule has 0 saturated carbocycles. The summed E-state index contributed by atoms with van der Waals surface area (Å²) in [6, 6.07) is 1.96. The van der Waals surface area contributed by atoms with Crippen LogP contribution in [-0.4, -0.2) is 35.5 Å². The van der Waals surface area contributed by atoms with Crippen molar-refractivity contribution in [1.82, 2.24) is 9.97 Å². The summed E-state index contributed by atoms with van der Waals surface area (Å²) < 4.78 is 0. The first-order chi connectivity index (χ1) is 8.47. The lowest BCUT2D eigenvalue weighted by atomic mass is 10.3. The number of primary amides is 1. The van der Waals surface area contributed by atoms with Crippen LogP contribution in [0, 0.1) is 0 Å². The molecule has 0 fully saturated rings. The van der Waals surface area contributed by atoms with Gasteiger partial charge in [-0.25, -0.2) is 9.97 Å². The van der Waals surface area contributed by atoms with E-state index in [4.69, 9.17) is 5.73 Å². The van der Waals surface area contributed by atoms with Gasteiger partial charge in [-0.2, -0.15) is 0 Å². The zero-order valence-corrected chi connectivity index (χ0v) is 11.4. The third-order valence-electron chi connectivity index (χ3n) is 2.58. The van der Waals surface area contributed by atoms with Crippen LogP contribution in [0.1, 0.15) is 26.6 Å². The Morgan fingerprint density at radius 3 is 2.61 bits per heavy atom. The number of amides is 1. The van der Waals surface area contributed by atoms with Crippen molar-refractivity contribution in [2.24, 2.45) is 5.73 Å². The van der Waals surface area contributed by atoms with Crippen molar-refractivity contribution in [3.05, 3.63) is 11.9 Å². The molecular weight excluding hydrogens is 230 g/mol. The van der Waals surface area contributed by atoms with Crippen LogP contribution in [0.2, 0.25) is 0 Å². The molecule has 0 saturated heterocycles. The van der Waals surface area contributed by atoms with E-state index in [0.717, 1.165) is 23.9 Å². The highest BCUT2D eigenvalue weighted by molar-refractivity contribution is 5.79. The van der Waals surface area contributed by atoms with Crippen LogP contribution in [0.5, 0.6) is 0 Å². The van der Waals surface area contributed by atoms with Crippen LogP contribution in [0.3, 0.4) is 0 Å². The van der Waals surface area contributed by atoms with Gasteiger partial charge in [-0.05, 0) is 13.8 Å². The monoisotopic (exact) mass is 251 g/mol. The van der Waals surface area contributed by atoms with E-state index in [1.165, 1.54) is 0 Å². The smallest absolute Gasteiger partial charge is 0.237 e. The molecule has 6 heteroatoms. The summed E-state index contributed by atoms with van der Waals surface area (Å²) >= 11 is 0. The number of hydrogen-bond acceptors (Lipinski definition) is 5. The van der Waals surface area contributed by atoms with Crippen LogP contribution in [0.15, 0.2) is 6.07 Å². The first-order valence-corrected chi connectivity index (χ1v) is 6.08. The SMILES string of the molecule is CCc1nc(NC)cc(N(CC(N)=O)C(C)C)n1. The molecule has 1 amide bonds. The summed E-state index contributed by atoms with van der Waals surface area (Å²) in [7, 11) is 1.80. The summed E-state index contributed by atoms with van der Waals surface area (Å²) in [4.78, 5) is 21.8. The Balaban J connectivity index is 3.13. The number of aromatic nitrogens is 2. The first-order valence-electron chi connectivity index (χ1n) is 6.08. The minimum atomic E-state index is -0.369. The Hall–Kier alpha value is -1.85. The van der Waals surface area contributed by atoms with Gasteiger partial charge in [-0.1, -0.05) is 6.92 Å². The second-order valence-corrected chi connectivity index (χ2v) is 4.32. The maximum atomic E-state index is 11.1. The summed E-state index contributed by atoms with van der Waals surface area (Å²) in [5, 5.41) is 3.00. The zero-order chi connectivity index (χ0) is 13.7. The number of carbonyl (C=O) groups is 1. The van der Waals surface area contributed by atoms with Crippen LogP contribution in [0.25, 0.3) is 0 Å². The molecule has 0 atom stereocenters. The van der Waals surface area contributed by atoms with E-state index < -0.39 is 0 Å². The highest BCUT2D eigenvalue weighted by Crippen LogP contribution is 2.18. The third-order valence-corrected chi connectivity index (χ3v) is 2.58. The van der Waals surface area contributed by atoms with Gasteiger partial charge in [0.25, 0.3) is 0 Å². The number of nitrogens with two attached hydrogens (primary N) is 1. The van der Waals surface area contributed by atoms with Crippen LogP contribution in [0.4, 0.5) is 11.6 Å². The normalized spacial score (nSPS) is 10.5. The number of rotatable bonds is 6. The van der Waals surface area contributed by atoms with Crippen molar-refractivity contribution in [3.8, 4) is 0 Å². The minimum Gasteiger partial charge on any atom is -0.373 e. The number of nitrogens with zero attached hydrogens (tertiary/aromatic N) is 3. The van der Waals surface area contributed by atoms with Crippen molar-refractivity contribution in [1.29, 1.82) is 0 Å². The fraction of sp³-hybridized carbons (Fsp3) is 0.583. The molecule has 0 bridgehead atoms. The maximum absolute atomic E-state index is 11.1. The third kappa shape index (κ3) is 3.58. The molecule has 0 aliphatic rings. The predicted octanol–water partition coefficient (Wildman–Crippen LogP) is 0.781. The molecule has 0 unspecified atom stereocenters. The van der Waals surface area contributed by atoms with Gasteiger partial charge in [0.2, 0.25) is 5.91 Å². The number of nitrogens with one attached hydrogen (secondary N) is 1. The van der Waals surface area contributed by atoms with E-state index in [2.05, 4.69) is 15.3 Å². The lowest BCUT2D eigenvalue weighted by Gasteiger charge is -2.27. The van der Waals surface area contributed by atoms with Crippen LogP contribution < -0.4 is 16.0 Å². The van der Waals surface area contributed by atoms with E-state index >= 15 is 0 Å². The molecule has 0 aromatic carbocycles. The van der Waals surface area contributed by atoms with Gasteiger partial charge in [-0.15, -0.1) is 0 Å². The van der Waals surface area contributed by atoms with Crippen molar-refractivity contribution in [2.45, 2.75) is 33.2 Å². The predicted molar refractivity (Wildman–Crippen MR) is 72.6 cm³/mol. The number of anilines is 2. The maximum Gasteiger partial charge on any atom is 0.237 e. The van der Waals surface area contributed by atoms with E-state index in [9.17, 15) is 4.79 Å². The summed E-state index contributed by atoms with van der Waals surface area (Å²) in [6.45, 7) is 6.14. The number of hydrogen-bond donors (Lipinski definition) is 2. The Morgan fingerprint density at radius 2 is 2.17 bits per heavy atom. The van der Waals surface area contributed by atoms with Crippen molar-refractivity contribution < 1.29 is 4.79 Å². The standard InChI is InChI=1S/C12H21N5O/c1-5-10-15-11(14-4)6-12(16-10)17(8(2)3)7-9(13)18/h6,8H,5,7H2,1-4H3,(H2,13,18)(H,14,15,16). The molecule has 3 N–H and O–H groups in total. The van der Waals surface area contributed by atoms with Crippen molar-refractivity contribution in [2.75, 3.05) is 23.8 Å². The summed E-state index contributed by atoms with van der Waals surface area (Å²) in [6.07, 6.45) is 0.741. The van der Waals surface area contributed by atoms with Gasteiger partial charge in [0.1, 0.15) is 17.5 Å². The summed E-state index contributed by atoms with van der Waals surface area (Å²) in [5.74, 6) is 1.84. The number of aryl methyl sites for hydroxylation is 1. The quantitative estimate of drug-likeness (QED) is 0.780. The fourth-order valence-electron chi connectivity index (χ4n) is 1.61. The molecule has 0 aliphatic carbocycles. The molecule has 0 radical (unpaired) electrons. The van der Waals surface area contributed by atoms with Gasteiger partial charge in [0, 0.05) is 25.6 Å². The van der Waals surface area contributed by atoms with E-state index in [0.29, 0.717) is 0 Å². The average Bonchev–Trinajstić information content (AvgIpc) is 2.34. The van der Waals surface area contributed by atoms with Crippen molar-refractivity contribution >= 4 is 17.5 Å². The molecule has 100 valence electrons. The molecule has 0 aliphatic heterocycles. The lowest BCUT2D eigenvalue weighted by molar-refractivity contribution is -0.116. The second-order valence-electron chi connectivity index (χ2n) is 4.32. The van der Waals surface area contributed by atoms with Crippen LogP contribution >= 0.6 is 0 Å². The van der Waals surface area contributed by atoms with Gasteiger partial charge < -0.3 is 16.0 Å². The summed E-state index contributed by atoms with van der Waals surface area (Å²) in [5.41, 5.74) is 5.27. The Kier molecular flexibility index (Phi) is 4.88. The van der Waals surface area contributed by atoms with Crippen LogP contribution in [-0.2, 0) is 11.2 Å². The Bertz CT molecular complexity index is 397. The minimum absolute atomic E-state index is 0.141. The highest BCUT2D eigenvalue weighted by Gasteiger charge is 2.16. The van der Waals surface area contributed by atoms with Gasteiger partial charge in [-0.3, -0.25) is 4.79 Å². The van der Waals surface area contributed by atoms with Gasteiger partial charge in [0.05, 0.1) is 6.54 Å². The largest absolute Gasteiger partial charge is 0.373 e. The number of carbonyl (C=O) groups excluding carboxylic acids is 1. The van der Waals surface area contributed by atoms with Gasteiger partial charge >= 0.3 is 0 Å². The average molecular weight is 251 g/mol. The lowest BCUT2D eigenvalue weighted by Crippen LogP contribution is -2.39. The molecule has 1 aromatic rings. The van der Waals surface area contributed by atoms with E-state index in [-0.39, 0.29) is 18.5 Å². The molecule has 1 heterocycles. The Labute approximate surface area is 108 Å². The fourth-order valence-corrected chi connectivity index (χ4v) is 1.61. The molecule has 0 spiro atoms. The van der Waals surface area contributed by atoms with E-state index in [1.807, 2.05) is 31.7 Å². The molecule has 1 rings (SSSR count). The zero-order valence-electron chi connectivity index (χ0n) is 11.4. The second kappa shape index (κ2) is 6.18. The topological polar surface area (TPSA) is 84.1 Å². The van der Waals surface area contributed by atoms with E-state index in [1.54, 1.807) is 7.05 Å². The van der Waals surface area contributed by atoms with Gasteiger partial charge in [0.15, 0.2) is 0 Å². The highest BCUT2D eigenvalue weighted by atomic mass is 16.1. The molecular formula is C12H21N5O. The first kappa shape index (κ1) is 14.2.